The van der Waals surface area contributed by atoms with E-state index in [-0.39, 0.29) is 23.7 Å². The maximum atomic E-state index is 12.6. The van der Waals surface area contributed by atoms with Gasteiger partial charge in [-0.2, -0.15) is 0 Å². The summed E-state index contributed by atoms with van der Waals surface area (Å²) in [6.45, 7) is 6.72. The normalized spacial score (nSPS) is 22.7. The Kier molecular flexibility index (Phi) is 7.41. The molecule has 2 rings (SSSR count). The van der Waals surface area contributed by atoms with Gasteiger partial charge in [0.05, 0.1) is 0 Å². The number of carbonyl (C=O) groups excluding carboxylic acids is 2. The first-order valence-corrected chi connectivity index (χ1v) is 9.48. The van der Waals surface area contributed by atoms with Crippen molar-refractivity contribution in [1.29, 1.82) is 0 Å². The van der Waals surface area contributed by atoms with Crippen LogP contribution in [0.1, 0.15) is 58.4 Å². The van der Waals surface area contributed by atoms with Crippen LogP contribution in [-0.4, -0.2) is 22.8 Å². The van der Waals surface area contributed by atoms with Gasteiger partial charge in [0.15, 0.2) is 0 Å². The molecular formula is C20H31N3O2. The zero-order valence-electron chi connectivity index (χ0n) is 15.6. The number of nitrogens with one attached hydrogen (secondary N) is 2. The Bertz CT molecular complexity index is 553. The fourth-order valence-corrected chi connectivity index (χ4v) is 3.30. The number of hydrogen-bond acceptors (Lipinski definition) is 3. The maximum absolute atomic E-state index is 12.6. The maximum Gasteiger partial charge on any atom is 0.243 e. The van der Waals surface area contributed by atoms with Gasteiger partial charge in [-0.25, -0.2) is 0 Å². The zero-order chi connectivity index (χ0) is 18.2. The number of amides is 2. The van der Waals surface area contributed by atoms with Crippen molar-refractivity contribution >= 4 is 11.8 Å². The molecule has 1 aromatic heterocycles. The van der Waals surface area contributed by atoms with E-state index < -0.39 is 6.04 Å². The van der Waals surface area contributed by atoms with Crippen LogP contribution in [0.5, 0.6) is 0 Å². The molecule has 0 aliphatic heterocycles. The van der Waals surface area contributed by atoms with Gasteiger partial charge in [0.1, 0.15) is 6.04 Å². The molecule has 0 spiro atoms. The van der Waals surface area contributed by atoms with Crippen LogP contribution in [0.2, 0.25) is 0 Å². The van der Waals surface area contributed by atoms with Gasteiger partial charge in [-0.15, -0.1) is 0 Å². The lowest BCUT2D eigenvalue weighted by Crippen LogP contribution is -2.51. The van der Waals surface area contributed by atoms with E-state index in [4.69, 9.17) is 0 Å². The second-order valence-corrected chi connectivity index (χ2v) is 7.41. The van der Waals surface area contributed by atoms with Crippen molar-refractivity contribution in [3.63, 3.8) is 0 Å². The molecule has 1 fully saturated rings. The molecule has 0 unspecified atom stereocenters. The summed E-state index contributed by atoms with van der Waals surface area (Å²) in [7, 11) is 0. The molecule has 5 heteroatoms. The second-order valence-electron chi connectivity index (χ2n) is 7.41. The largest absolute Gasteiger partial charge is 0.350 e. The van der Waals surface area contributed by atoms with E-state index in [0.717, 1.165) is 37.7 Å². The summed E-state index contributed by atoms with van der Waals surface area (Å²) < 4.78 is 0. The van der Waals surface area contributed by atoms with Gasteiger partial charge in [0, 0.05) is 24.9 Å². The van der Waals surface area contributed by atoms with Crippen molar-refractivity contribution < 1.29 is 9.59 Å². The van der Waals surface area contributed by atoms with Gasteiger partial charge >= 0.3 is 0 Å². The molecule has 1 aliphatic rings. The molecule has 2 amide bonds. The Morgan fingerprint density at radius 2 is 2.00 bits per heavy atom. The number of hydrogen-bond donors (Lipinski definition) is 2. The van der Waals surface area contributed by atoms with Gasteiger partial charge in [-0.1, -0.05) is 33.3 Å². The highest BCUT2D eigenvalue weighted by Gasteiger charge is 2.30. The molecule has 1 aromatic rings. The van der Waals surface area contributed by atoms with E-state index in [1.165, 1.54) is 0 Å². The van der Waals surface area contributed by atoms with Crippen molar-refractivity contribution in [2.45, 2.75) is 65.5 Å². The Balaban J connectivity index is 1.93. The van der Waals surface area contributed by atoms with Gasteiger partial charge in [-0.3, -0.25) is 14.6 Å². The minimum atomic E-state index is -0.478. The van der Waals surface area contributed by atoms with Crippen LogP contribution >= 0.6 is 0 Å². The second kappa shape index (κ2) is 9.54. The Hall–Kier alpha value is -1.91. The summed E-state index contributed by atoms with van der Waals surface area (Å²) in [6.07, 6.45) is 8.33. The van der Waals surface area contributed by atoms with Crippen LogP contribution in [-0.2, 0) is 16.1 Å². The van der Waals surface area contributed by atoms with E-state index in [1.807, 2.05) is 26.0 Å². The molecule has 0 saturated heterocycles. The summed E-state index contributed by atoms with van der Waals surface area (Å²) in [5.41, 5.74) is 0.950. The molecule has 2 atom stereocenters. The molecule has 5 nitrogen and oxygen atoms in total. The van der Waals surface area contributed by atoms with Crippen molar-refractivity contribution in [3.8, 4) is 0 Å². The lowest BCUT2D eigenvalue weighted by Gasteiger charge is -2.29. The van der Waals surface area contributed by atoms with Gasteiger partial charge in [0.2, 0.25) is 11.8 Å². The molecule has 2 N–H and O–H groups in total. The van der Waals surface area contributed by atoms with Gasteiger partial charge < -0.3 is 10.6 Å². The molecule has 0 bridgehead atoms. The van der Waals surface area contributed by atoms with Crippen LogP contribution in [0, 0.1) is 17.8 Å². The highest BCUT2D eigenvalue weighted by molar-refractivity contribution is 5.88. The topological polar surface area (TPSA) is 71.1 Å². The highest BCUT2D eigenvalue weighted by Crippen LogP contribution is 2.28. The summed E-state index contributed by atoms with van der Waals surface area (Å²) >= 11 is 0. The smallest absolute Gasteiger partial charge is 0.243 e. The monoisotopic (exact) mass is 345 g/mol. The fraction of sp³-hybridized carbons (Fsp3) is 0.650. The Morgan fingerprint density at radius 1 is 1.28 bits per heavy atom. The number of aromatic nitrogens is 1. The molecule has 25 heavy (non-hydrogen) atoms. The van der Waals surface area contributed by atoms with E-state index in [0.29, 0.717) is 12.5 Å². The van der Waals surface area contributed by atoms with Crippen LogP contribution in [0.25, 0.3) is 0 Å². The summed E-state index contributed by atoms with van der Waals surface area (Å²) in [6, 6.07) is 3.29. The molecule has 138 valence electrons. The summed E-state index contributed by atoms with van der Waals surface area (Å²) in [5.74, 6) is 0.774. The van der Waals surface area contributed by atoms with Crippen molar-refractivity contribution in [2.24, 2.45) is 17.8 Å². The van der Waals surface area contributed by atoms with Crippen molar-refractivity contribution in [2.75, 3.05) is 0 Å². The van der Waals surface area contributed by atoms with Crippen LogP contribution in [0.4, 0.5) is 0 Å². The first kappa shape index (κ1) is 19.4. The molecular weight excluding hydrogens is 314 g/mol. The molecule has 1 saturated carbocycles. The average Bonchev–Trinajstić information content (AvgIpc) is 2.64. The Labute approximate surface area is 151 Å². The highest BCUT2D eigenvalue weighted by atomic mass is 16.2. The molecule has 1 heterocycles. The summed E-state index contributed by atoms with van der Waals surface area (Å²) in [5, 5.41) is 5.96. The lowest BCUT2D eigenvalue weighted by atomic mass is 9.82. The predicted octanol–water partition coefficient (Wildman–Crippen LogP) is 3.06. The number of carbonyl (C=O) groups is 2. The summed E-state index contributed by atoms with van der Waals surface area (Å²) in [4.78, 5) is 29.3. The quantitative estimate of drug-likeness (QED) is 0.798. The minimum absolute atomic E-state index is 0.0359. The fourth-order valence-electron chi connectivity index (χ4n) is 3.30. The minimum Gasteiger partial charge on any atom is -0.350 e. The Morgan fingerprint density at radius 3 is 2.60 bits per heavy atom. The van der Waals surface area contributed by atoms with Gasteiger partial charge in [0.25, 0.3) is 0 Å². The number of nitrogens with zero attached hydrogens (tertiary/aromatic N) is 1. The lowest BCUT2D eigenvalue weighted by molar-refractivity contribution is -0.133. The molecule has 0 aromatic carbocycles. The van der Waals surface area contributed by atoms with E-state index in [1.54, 1.807) is 12.4 Å². The standard InChI is InChI=1S/C20H31N3O2/c1-4-15(3)18(20(25)22-13-16-6-5-11-21-12-16)23-19(24)17-9-7-14(2)8-10-17/h5-6,11-12,14-15,17-18H,4,7-10,13H2,1-3H3,(H,22,25)(H,23,24)/t14?,15-,17?,18+/m0/s1. The van der Waals surface area contributed by atoms with Crippen molar-refractivity contribution in [1.82, 2.24) is 15.6 Å². The zero-order valence-corrected chi connectivity index (χ0v) is 15.6. The van der Waals surface area contributed by atoms with E-state index in [2.05, 4.69) is 22.5 Å². The average molecular weight is 345 g/mol. The third-order valence-electron chi connectivity index (χ3n) is 5.37. The van der Waals surface area contributed by atoms with Crippen molar-refractivity contribution in [3.05, 3.63) is 30.1 Å². The van der Waals surface area contributed by atoms with Crippen LogP contribution in [0.15, 0.2) is 24.5 Å². The van der Waals surface area contributed by atoms with Gasteiger partial charge in [-0.05, 0) is 49.1 Å². The van der Waals surface area contributed by atoms with Crippen LogP contribution in [0.3, 0.4) is 0 Å². The third kappa shape index (κ3) is 5.83. The number of rotatable bonds is 7. The first-order valence-electron chi connectivity index (χ1n) is 9.48. The predicted molar refractivity (Wildman–Crippen MR) is 98.6 cm³/mol. The first-order chi connectivity index (χ1) is 12.0. The molecule has 0 radical (unpaired) electrons. The van der Waals surface area contributed by atoms with E-state index >= 15 is 0 Å². The van der Waals surface area contributed by atoms with E-state index in [9.17, 15) is 9.59 Å². The SMILES string of the molecule is CC[C@H](C)[C@@H](NC(=O)C1CCC(C)CC1)C(=O)NCc1cccnc1. The third-order valence-corrected chi connectivity index (χ3v) is 5.37. The van der Waals surface area contributed by atoms with Crippen LogP contribution < -0.4 is 10.6 Å². The molecule has 1 aliphatic carbocycles. The number of pyridine rings is 1.